The summed E-state index contributed by atoms with van der Waals surface area (Å²) >= 11 is 0. The minimum absolute atomic E-state index is 0.451. The fourth-order valence-corrected chi connectivity index (χ4v) is 2.04. The molecule has 10 heteroatoms. The molecule has 1 aliphatic rings. The second-order valence-electron chi connectivity index (χ2n) is 5.16. The van der Waals surface area contributed by atoms with Gasteiger partial charge in [0.15, 0.2) is 30.2 Å². The summed E-state index contributed by atoms with van der Waals surface area (Å²) in [6.45, 7) is -0.729. The Morgan fingerprint density at radius 3 is 2.60 bits per heavy atom. The van der Waals surface area contributed by atoms with Crippen LogP contribution in [0.1, 0.15) is 12.8 Å². The average molecular weight is 360 g/mol. The van der Waals surface area contributed by atoms with E-state index in [2.05, 4.69) is 5.32 Å². The Labute approximate surface area is 140 Å². The molecule has 1 aromatic carbocycles. The van der Waals surface area contributed by atoms with E-state index in [1.54, 1.807) is 0 Å². The number of nitrogens with one attached hydrogen (secondary N) is 2. The largest absolute Gasteiger partial charge is 0.454 e. The van der Waals surface area contributed by atoms with Gasteiger partial charge in [0.1, 0.15) is 0 Å². The van der Waals surface area contributed by atoms with Crippen molar-refractivity contribution in [1.29, 1.82) is 0 Å². The van der Waals surface area contributed by atoms with Gasteiger partial charge in [0.25, 0.3) is 5.91 Å². The number of rotatable bonds is 6. The highest BCUT2D eigenvalue weighted by Crippen LogP contribution is 2.19. The van der Waals surface area contributed by atoms with Crippen LogP contribution in [0.3, 0.4) is 0 Å². The fraction of sp³-hybridized carbons (Fsp3) is 0.400. The Balaban J connectivity index is 1.73. The van der Waals surface area contributed by atoms with Crippen LogP contribution in [0.15, 0.2) is 12.1 Å². The van der Waals surface area contributed by atoms with Crippen molar-refractivity contribution < 1.29 is 37.0 Å². The molecule has 1 fully saturated rings. The molecule has 0 spiro atoms. The molecule has 0 aliphatic carbocycles. The van der Waals surface area contributed by atoms with E-state index in [4.69, 9.17) is 9.47 Å². The van der Waals surface area contributed by atoms with Gasteiger partial charge in [-0.05, 0) is 25.0 Å². The maximum atomic E-state index is 13.4. The molecule has 2 N–H and O–H groups in total. The van der Waals surface area contributed by atoms with Crippen molar-refractivity contribution in [2.45, 2.75) is 18.9 Å². The van der Waals surface area contributed by atoms with E-state index in [1.165, 1.54) is 0 Å². The molecule has 1 aliphatic heterocycles. The zero-order valence-corrected chi connectivity index (χ0v) is 12.9. The third kappa shape index (κ3) is 5.18. The predicted octanol–water partition coefficient (Wildman–Crippen LogP) is 0.881. The van der Waals surface area contributed by atoms with Crippen LogP contribution in [0.25, 0.3) is 0 Å². The zero-order chi connectivity index (χ0) is 18.4. The van der Waals surface area contributed by atoms with E-state index in [-0.39, 0.29) is 0 Å². The minimum Gasteiger partial charge on any atom is -0.454 e. The summed E-state index contributed by atoms with van der Waals surface area (Å²) in [6.07, 6.45) is 0.558. The normalized spacial score (nSPS) is 16.4. The second kappa shape index (κ2) is 8.47. The van der Waals surface area contributed by atoms with Gasteiger partial charge in [0, 0.05) is 6.61 Å². The molecule has 0 unspecified atom stereocenters. The minimum atomic E-state index is -1.72. The van der Waals surface area contributed by atoms with Gasteiger partial charge in [-0.1, -0.05) is 0 Å². The van der Waals surface area contributed by atoms with E-state index in [1.807, 2.05) is 5.32 Å². The lowest BCUT2D eigenvalue weighted by Crippen LogP contribution is -2.36. The molecule has 1 heterocycles. The molecule has 1 aromatic rings. The number of carbonyl (C=O) groups excluding carboxylic acids is 3. The Hall–Kier alpha value is -2.62. The van der Waals surface area contributed by atoms with E-state index < -0.39 is 60.2 Å². The highest BCUT2D eigenvalue weighted by atomic mass is 19.2. The van der Waals surface area contributed by atoms with Gasteiger partial charge in [-0.25, -0.2) is 18.0 Å². The highest BCUT2D eigenvalue weighted by Gasteiger charge is 2.25. The molecule has 0 saturated carbocycles. The van der Waals surface area contributed by atoms with Gasteiger partial charge in [0.2, 0.25) is 5.91 Å². The summed E-state index contributed by atoms with van der Waals surface area (Å²) in [5, 5.41) is 4.11. The van der Waals surface area contributed by atoms with Crippen molar-refractivity contribution in [3.63, 3.8) is 0 Å². The fourth-order valence-electron chi connectivity index (χ4n) is 2.04. The third-order valence-corrected chi connectivity index (χ3v) is 3.29. The lowest BCUT2D eigenvalue weighted by Gasteiger charge is -2.10. The summed E-state index contributed by atoms with van der Waals surface area (Å²) < 4.78 is 49.0. The average Bonchev–Trinajstić information content (AvgIpc) is 3.13. The molecule has 25 heavy (non-hydrogen) atoms. The van der Waals surface area contributed by atoms with E-state index in [0.29, 0.717) is 19.1 Å². The van der Waals surface area contributed by atoms with E-state index in [9.17, 15) is 27.6 Å². The highest BCUT2D eigenvalue weighted by molar-refractivity contribution is 5.95. The molecular weight excluding hydrogens is 345 g/mol. The van der Waals surface area contributed by atoms with Crippen LogP contribution in [0.5, 0.6) is 0 Å². The van der Waals surface area contributed by atoms with Crippen LogP contribution in [0, 0.1) is 17.5 Å². The Kier molecular flexibility index (Phi) is 6.34. The first-order chi connectivity index (χ1) is 11.9. The molecule has 2 amide bonds. The van der Waals surface area contributed by atoms with Gasteiger partial charge in [0.05, 0.1) is 12.2 Å². The van der Waals surface area contributed by atoms with Crippen LogP contribution in [0.4, 0.5) is 18.9 Å². The first-order valence-corrected chi connectivity index (χ1v) is 7.36. The maximum absolute atomic E-state index is 13.4. The molecular formula is C15H15F3N2O5. The molecule has 2 rings (SSSR count). The predicted molar refractivity (Wildman–Crippen MR) is 77.9 cm³/mol. The van der Waals surface area contributed by atoms with Crippen LogP contribution in [-0.4, -0.2) is 43.6 Å². The standard InChI is InChI=1S/C15H15F3N2O5/c16-8-3-4-9(14(18)13(8)17)20-11(21)6-19-12(22)7-25-15(23)10-2-1-5-24-10/h3-4,10H,1-2,5-7H2,(H,19,22)(H,20,21)/t10-/m1/s1. The first-order valence-electron chi connectivity index (χ1n) is 7.36. The summed E-state index contributed by atoms with van der Waals surface area (Å²) in [5.41, 5.74) is -0.567. The lowest BCUT2D eigenvalue weighted by molar-refractivity contribution is -0.157. The van der Waals surface area contributed by atoms with Crippen molar-refractivity contribution in [3.8, 4) is 0 Å². The van der Waals surface area contributed by atoms with Crippen molar-refractivity contribution >= 4 is 23.5 Å². The Morgan fingerprint density at radius 2 is 1.92 bits per heavy atom. The van der Waals surface area contributed by atoms with E-state index >= 15 is 0 Å². The number of benzene rings is 1. The van der Waals surface area contributed by atoms with Crippen molar-refractivity contribution in [2.75, 3.05) is 25.1 Å². The zero-order valence-electron chi connectivity index (χ0n) is 12.9. The van der Waals surface area contributed by atoms with Gasteiger partial charge in [-0.15, -0.1) is 0 Å². The molecule has 1 atom stereocenters. The van der Waals surface area contributed by atoms with Crippen LogP contribution >= 0.6 is 0 Å². The molecule has 0 bridgehead atoms. The number of amides is 2. The SMILES string of the molecule is O=C(COC(=O)[C@H]1CCCO1)NCC(=O)Nc1ccc(F)c(F)c1F. The topological polar surface area (TPSA) is 93.7 Å². The quantitative estimate of drug-likeness (QED) is 0.580. The monoisotopic (exact) mass is 360 g/mol. The summed E-state index contributed by atoms with van der Waals surface area (Å²) in [5.74, 6) is -6.96. The number of esters is 1. The van der Waals surface area contributed by atoms with Crippen LogP contribution in [-0.2, 0) is 23.9 Å². The first kappa shape index (κ1) is 18.7. The third-order valence-electron chi connectivity index (χ3n) is 3.29. The number of carbonyl (C=O) groups is 3. The van der Waals surface area contributed by atoms with Gasteiger partial charge in [-0.2, -0.15) is 0 Å². The number of halogens is 3. The smallest absolute Gasteiger partial charge is 0.335 e. The Bertz CT molecular complexity index is 677. The van der Waals surface area contributed by atoms with Crippen LogP contribution in [0.2, 0.25) is 0 Å². The number of ether oxygens (including phenoxy) is 2. The summed E-state index contributed by atoms with van der Waals surface area (Å²) in [4.78, 5) is 34.6. The number of anilines is 1. The van der Waals surface area contributed by atoms with Gasteiger partial charge in [-0.3, -0.25) is 9.59 Å². The Morgan fingerprint density at radius 1 is 1.16 bits per heavy atom. The van der Waals surface area contributed by atoms with E-state index in [0.717, 1.165) is 12.5 Å². The second-order valence-corrected chi connectivity index (χ2v) is 5.16. The number of hydrogen-bond donors (Lipinski definition) is 2. The molecule has 136 valence electrons. The summed E-state index contributed by atoms with van der Waals surface area (Å²) in [6, 6.07) is 1.49. The lowest BCUT2D eigenvalue weighted by atomic mass is 10.2. The molecule has 0 radical (unpaired) electrons. The van der Waals surface area contributed by atoms with Gasteiger partial charge >= 0.3 is 5.97 Å². The number of hydrogen-bond acceptors (Lipinski definition) is 5. The molecule has 7 nitrogen and oxygen atoms in total. The van der Waals surface area contributed by atoms with Crippen molar-refractivity contribution in [3.05, 3.63) is 29.6 Å². The van der Waals surface area contributed by atoms with Crippen LogP contribution < -0.4 is 10.6 Å². The molecule has 0 aromatic heterocycles. The molecule has 1 saturated heterocycles. The van der Waals surface area contributed by atoms with Crippen molar-refractivity contribution in [2.24, 2.45) is 0 Å². The maximum Gasteiger partial charge on any atom is 0.335 e. The van der Waals surface area contributed by atoms with Gasteiger partial charge < -0.3 is 20.1 Å². The summed E-state index contributed by atoms with van der Waals surface area (Å²) in [7, 11) is 0. The van der Waals surface area contributed by atoms with Crippen molar-refractivity contribution in [1.82, 2.24) is 5.32 Å².